The van der Waals surface area contributed by atoms with E-state index in [1.165, 1.54) is 11.3 Å². The van der Waals surface area contributed by atoms with Gasteiger partial charge in [0.1, 0.15) is 4.88 Å². The number of nitrogens with one attached hydrogen (secondary N) is 1. The van der Waals surface area contributed by atoms with Crippen LogP contribution >= 0.6 is 22.9 Å². The van der Waals surface area contributed by atoms with E-state index in [1.54, 1.807) is 11.4 Å². The van der Waals surface area contributed by atoms with E-state index >= 15 is 0 Å². The first-order valence-corrected chi connectivity index (χ1v) is 5.94. The Labute approximate surface area is 98.6 Å². The van der Waals surface area contributed by atoms with Crippen molar-refractivity contribution in [1.82, 2.24) is 5.32 Å². The summed E-state index contributed by atoms with van der Waals surface area (Å²) in [7, 11) is 0. The van der Waals surface area contributed by atoms with Gasteiger partial charge >= 0.3 is 0 Å². The number of thiophene rings is 1. The van der Waals surface area contributed by atoms with Gasteiger partial charge in [-0.2, -0.15) is 0 Å². The molecule has 1 heterocycles. The van der Waals surface area contributed by atoms with Crippen molar-refractivity contribution in [3.8, 4) is 12.3 Å². The summed E-state index contributed by atoms with van der Waals surface area (Å²) in [5, 5.41) is 5.02. The summed E-state index contributed by atoms with van der Waals surface area (Å²) in [5.41, 5.74) is 0. The lowest BCUT2D eigenvalue weighted by Crippen LogP contribution is -2.33. The third-order valence-corrected chi connectivity index (χ3v) is 3.25. The molecule has 0 spiro atoms. The van der Waals surface area contributed by atoms with Crippen molar-refractivity contribution in [2.75, 3.05) is 0 Å². The van der Waals surface area contributed by atoms with Crippen molar-refractivity contribution in [3.05, 3.63) is 21.3 Å². The Morgan fingerprint density at radius 1 is 1.80 bits per heavy atom. The molecule has 1 aromatic heterocycles. The van der Waals surface area contributed by atoms with Crippen molar-refractivity contribution in [1.29, 1.82) is 0 Å². The van der Waals surface area contributed by atoms with Crippen LogP contribution in [0.1, 0.15) is 29.4 Å². The Kier molecular flexibility index (Phi) is 4.67. The van der Waals surface area contributed by atoms with E-state index in [2.05, 4.69) is 11.2 Å². The van der Waals surface area contributed by atoms with Gasteiger partial charge in [-0.1, -0.05) is 30.9 Å². The second-order valence-corrected chi connectivity index (χ2v) is 4.40. The fourth-order valence-corrected chi connectivity index (χ4v) is 2.21. The zero-order valence-corrected chi connectivity index (χ0v) is 9.99. The molecule has 1 rings (SSSR count). The lowest BCUT2D eigenvalue weighted by molar-refractivity contribution is 0.0948. The molecule has 1 amide bonds. The summed E-state index contributed by atoms with van der Waals surface area (Å²) in [6, 6.07) is 1.49. The predicted molar refractivity (Wildman–Crippen MR) is 64.3 cm³/mol. The molecule has 1 aromatic rings. The van der Waals surface area contributed by atoms with Gasteiger partial charge in [0, 0.05) is 0 Å². The van der Waals surface area contributed by atoms with Gasteiger partial charge in [-0.05, 0) is 17.9 Å². The van der Waals surface area contributed by atoms with Crippen LogP contribution < -0.4 is 5.32 Å². The smallest absolute Gasteiger partial charge is 0.263 e. The highest BCUT2D eigenvalue weighted by Gasteiger charge is 2.14. The standard InChI is InChI=1S/C11H12ClNOS/c1-3-5-8(4-2)13-11(14)10-9(12)6-7-15-10/h2,6-8H,3,5H2,1H3,(H,13,14). The van der Waals surface area contributed by atoms with Gasteiger partial charge < -0.3 is 5.32 Å². The number of carbonyl (C=O) groups is 1. The maximum absolute atomic E-state index is 11.7. The van der Waals surface area contributed by atoms with Crippen LogP contribution in [0, 0.1) is 12.3 Å². The van der Waals surface area contributed by atoms with E-state index in [0.29, 0.717) is 9.90 Å². The van der Waals surface area contributed by atoms with Gasteiger partial charge in [-0.15, -0.1) is 17.8 Å². The molecule has 0 aliphatic carbocycles. The second-order valence-electron chi connectivity index (χ2n) is 3.08. The number of rotatable bonds is 4. The minimum absolute atomic E-state index is 0.189. The first-order chi connectivity index (χ1) is 7.19. The predicted octanol–water partition coefficient (Wildman–Crippen LogP) is 2.93. The lowest BCUT2D eigenvalue weighted by atomic mass is 10.2. The summed E-state index contributed by atoms with van der Waals surface area (Å²) in [5.74, 6) is 2.36. The highest BCUT2D eigenvalue weighted by molar-refractivity contribution is 7.12. The Morgan fingerprint density at radius 2 is 2.53 bits per heavy atom. The number of terminal acetylenes is 1. The summed E-state index contributed by atoms with van der Waals surface area (Å²) in [6.07, 6.45) is 7.03. The Hall–Kier alpha value is -0.980. The van der Waals surface area contributed by atoms with Crippen LogP contribution in [0.25, 0.3) is 0 Å². The maximum Gasteiger partial charge on any atom is 0.263 e. The molecule has 0 bridgehead atoms. The van der Waals surface area contributed by atoms with Crippen LogP contribution in [0.4, 0.5) is 0 Å². The highest BCUT2D eigenvalue weighted by atomic mass is 35.5. The summed E-state index contributed by atoms with van der Waals surface area (Å²) < 4.78 is 0. The average molecular weight is 242 g/mol. The van der Waals surface area contributed by atoms with Gasteiger partial charge in [-0.3, -0.25) is 4.79 Å². The van der Waals surface area contributed by atoms with E-state index in [-0.39, 0.29) is 11.9 Å². The van der Waals surface area contributed by atoms with Gasteiger partial charge in [-0.25, -0.2) is 0 Å². The topological polar surface area (TPSA) is 29.1 Å². The molecular weight excluding hydrogens is 230 g/mol. The molecule has 0 aromatic carbocycles. The lowest BCUT2D eigenvalue weighted by Gasteiger charge is -2.10. The maximum atomic E-state index is 11.7. The molecule has 0 fully saturated rings. The summed E-state index contributed by atoms with van der Waals surface area (Å²) in [6.45, 7) is 2.02. The van der Waals surface area contributed by atoms with Crippen molar-refractivity contribution in [3.63, 3.8) is 0 Å². The second kappa shape index (κ2) is 5.79. The van der Waals surface area contributed by atoms with Gasteiger partial charge in [0.25, 0.3) is 5.91 Å². The van der Waals surface area contributed by atoms with E-state index < -0.39 is 0 Å². The van der Waals surface area contributed by atoms with E-state index in [4.69, 9.17) is 18.0 Å². The Balaban J connectivity index is 2.64. The van der Waals surface area contributed by atoms with Crippen molar-refractivity contribution >= 4 is 28.8 Å². The van der Waals surface area contributed by atoms with Crippen LogP contribution in [0.3, 0.4) is 0 Å². The number of carbonyl (C=O) groups excluding carboxylic acids is 1. The number of halogens is 1. The monoisotopic (exact) mass is 241 g/mol. The molecule has 2 nitrogen and oxygen atoms in total. The molecule has 80 valence electrons. The number of hydrogen-bond donors (Lipinski definition) is 1. The van der Waals surface area contributed by atoms with Crippen molar-refractivity contribution in [2.24, 2.45) is 0 Å². The quantitative estimate of drug-likeness (QED) is 0.807. The minimum atomic E-state index is -0.208. The molecule has 1 unspecified atom stereocenters. The van der Waals surface area contributed by atoms with Crippen LogP contribution in [0.5, 0.6) is 0 Å². The Bertz CT molecular complexity index is 380. The number of hydrogen-bond acceptors (Lipinski definition) is 2. The first kappa shape index (κ1) is 12.1. The molecule has 0 saturated heterocycles. The molecule has 0 radical (unpaired) electrons. The SMILES string of the molecule is C#CC(CCC)NC(=O)c1sccc1Cl. The summed E-state index contributed by atoms with van der Waals surface area (Å²) in [4.78, 5) is 12.2. The Morgan fingerprint density at radius 3 is 3.00 bits per heavy atom. The van der Waals surface area contributed by atoms with Crippen molar-refractivity contribution < 1.29 is 4.79 Å². The molecule has 0 aliphatic rings. The third kappa shape index (κ3) is 3.26. The van der Waals surface area contributed by atoms with E-state index in [9.17, 15) is 4.79 Å². The van der Waals surface area contributed by atoms with Crippen LogP contribution in [0.2, 0.25) is 5.02 Å². The largest absolute Gasteiger partial charge is 0.338 e. The van der Waals surface area contributed by atoms with Gasteiger partial charge in [0.05, 0.1) is 11.1 Å². The van der Waals surface area contributed by atoms with E-state index in [1.807, 2.05) is 6.92 Å². The minimum Gasteiger partial charge on any atom is -0.338 e. The molecule has 1 N–H and O–H groups in total. The zero-order valence-electron chi connectivity index (χ0n) is 8.42. The highest BCUT2D eigenvalue weighted by Crippen LogP contribution is 2.21. The molecule has 15 heavy (non-hydrogen) atoms. The van der Waals surface area contributed by atoms with Gasteiger partial charge in [0.2, 0.25) is 0 Å². The third-order valence-electron chi connectivity index (χ3n) is 1.91. The van der Waals surface area contributed by atoms with Crippen LogP contribution in [-0.4, -0.2) is 11.9 Å². The van der Waals surface area contributed by atoms with Crippen molar-refractivity contribution in [2.45, 2.75) is 25.8 Å². The normalized spacial score (nSPS) is 11.8. The first-order valence-electron chi connectivity index (χ1n) is 4.69. The summed E-state index contributed by atoms with van der Waals surface area (Å²) >= 11 is 7.15. The fourth-order valence-electron chi connectivity index (χ4n) is 1.17. The average Bonchev–Trinajstić information content (AvgIpc) is 2.63. The van der Waals surface area contributed by atoms with Crippen LogP contribution in [0.15, 0.2) is 11.4 Å². The van der Waals surface area contributed by atoms with E-state index in [0.717, 1.165) is 12.8 Å². The fraction of sp³-hybridized carbons (Fsp3) is 0.364. The molecule has 1 atom stereocenters. The number of amides is 1. The molecule has 4 heteroatoms. The van der Waals surface area contributed by atoms with Gasteiger partial charge in [0.15, 0.2) is 0 Å². The molecule has 0 saturated carbocycles. The molecular formula is C11H12ClNOS. The zero-order chi connectivity index (χ0) is 11.3. The molecule has 0 aliphatic heterocycles. The van der Waals surface area contributed by atoms with Crippen LogP contribution in [-0.2, 0) is 0 Å².